The van der Waals surface area contributed by atoms with Crippen LogP contribution in [0.1, 0.15) is 5.56 Å². The molecule has 0 aromatic heterocycles. The van der Waals surface area contributed by atoms with Gasteiger partial charge in [0.25, 0.3) is 0 Å². The molecule has 0 aliphatic rings. The van der Waals surface area contributed by atoms with E-state index < -0.39 is 0 Å². The summed E-state index contributed by atoms with van der Waals surface area (Å²) < 4.78 is 0. The van der Waals surface area contributed by atoms with E-state index in [1.54, 1.807) is 0 Å². The fourth-order valence-corrected chi connectivity index (χ4v) is 3.08. The Morgan fingerprint density at radius 3 is 1.48 bits per heavy atom. The van der Waals surface area contributed by atoms with Gasteiger partial charge in [0.1, 0.15) is 5.75 Å². The molecule has 2 heteroatoms. The van der Waals surface area contributed by atoms with Crippen molar-refractivity contribution in [3.05, 3.63) is 90.5 Å². The van der Waals surface area contributed by atoms with Crippen molar-refractivity contribution in [3.8, 4) is 28.0 Å². The summed E-state index contributed by atoms with van der Waals surface area (Å²) in [7, 11) is 0. The molecule has 2 N–H and O–H groups in total. The second-order valence-electron chi connectivity index (χ2n) is 6.28. The minimum absolute atomic E-state index is 0.660. The molecule has 25 heavy (non-hydrogen) atoms. The molecular weight excluding hydrogens is 306 g/mol. The minimum atomic E-state index is 0.660. The molecule has 4 aromatic carbocycles. The van der Waals surface area contributed by atoms with E-state index in [0.29, 0.717) is 5.75 Å². The molecule has 0 heterocycles. The van der Waals surface area contributed by atoms with Crippen LogP contribution in [0.2, 0.25) is 0 Å². The van der Waals surface area contributed by atoms with E-state index in [9.17, 15) is 0 Å². The number of hydrogen-bond acceptors (Lipinski definition) is 2. The van der Waals surface area contributed by atoms with Crippen molar-refractivity contribution in [2.24, 2.45) is 5.90 Å². The lowest BCUT2D eigenvalue weighted by Crippen LogP contribution is -2.00. The predicted octanol–water partition coefficient (Wildman–Crippen LogP) is 5.73. The lowest BCUT2D eigenvalue weighted by molar-refractivity contribution is 0.334. The normalized spacial score (nSPS) is 10.8. The average molecular weight is 325 g/mol. The van der Waals surface area contributed by atoms with Crippen LogP contribution >= 0.6 is 0 Å². The summed E-state index contributed by atoms with van der Waals surface area (Å²) in [6, 6.07) is 29.6. The molecule has 122 valence electrons. The zero-order valence-electron chi connectivity index (χ0n) is 14.1. The Morgan fingerprint density at radius 2 is 1.00 bits per heavy atom. The van der Waals surface area contributed by atoms with Crippen molar-refractivity contribution in [3.63, 3.8) is 0 Å². The molecule has 0 aliphatic carbocycles. The highest BCUT2D eigenvalue weighted by molar-refractivity contribution is 5.90. The lowest BCUT2D eigenvalue weighted by atomic mass is 9.97. The van der Waals surface area contributed by atoms with E-state index in [1.165, 1.54) is 33.0 Å². The van der Waals surface area contributed by atoms with Crippen molar-refractivity contribution in [1.29, 1.82) is 0 Å². The zero-order chi connectivity index (χ0) is 17.2. The molecule has 0 radical (unpaired) electrons. The molecule has 4 rings (SSSR count). The van der Waals surface area contributed by atoms with E-state index in [2.05, 4.69) is 67.6 Å². The highest BCUT2D eigenvalue weighted by Gasteiger charge is 2.03. The van der Waals surface area contributed by atoms with E-state index in [0.717, 1.165) is 5.56 Å². The van der Waals surface area contributed by atoms with E-state index in [1.807, 2.05) is 24.3 Å². The Bertz CT molecular complexity index is 1020. The SMILES string of the molecule is Cc1ccc(-c2ccc3cc(-c4ccc(ON)cc4)ccc3c2)cc1. The first kappa shape index (κ1) is 15.4. The Morgan fingerprint density at radius 1 is 0.560 bits per heavy atom. The standard InChI is InChI=1S/C23H19NO/c1-16-2-4-17(5-3-16)19-6-8-22-15-20(7-9-21(22)14-19)18-10-12-23(25-24)13-11-18/h2-15H,24H2,1H3. The van der Waals surface area contributed by atoms with Gasteiger partial charge in [-0.2, -0.15) is 5.90 Å². The van der Waals surface area contributed by atoms with Gasteiger partial charge >= 0.3 is 0 Å². The quantitative estimate of drug-likeness (QED) is 0.488. The van der Waals surface area contributed by atoms with Crippen LogP contribution in [0, 0.1) is 6.92 Å². The third-order valence-electron chi connectivity index (χ3n) is 4.55. The minimum Gasteiger partial charge on any atom is -0.412 e. The summed E-state index contributed by atoms with van der Waals surface area (Å²) in [4.78, 5) is 4.74. The number of nitrogens with two attached hydrogens (primary N) is 1. The van der Waals surface area contributed by atoms with Crippen LogP contribution in [0.25, 0.3) is 33.0 Å². The average Bonchev–Trinajstić information content (AvgIpc) is 2.68. The molecule has 0 saturated heterocycles. The molecule has 0 aliphatic heterocycles. The van der Waals surface area contributed by atoms with E-state index in [4.69, 9.17) is 10.7 Å². The van der Waals surface area contributed by atoms with E-state index in [-0.39, 0.29) is 0 Å². The van der Waals surface area contributed by atoms with Crippen LogP contribution < -0.4 is 10.7 Å². The molecule has 0 unspecified atom stereocenters. The van der Waals surface area contributed by atoms with Crippen molar-refractivity contribution in [2.75, 3.05) is 0 Å². The van der Waals surface area contributed by atoms with Crippen LogP contribution in [0.15, 0.2) is 84.9 Å². The van der Waals surface area contributed by atoms with Gasteiger partial charge in [-0.1, -0.05) is 66.2 Å². The fraction of sp³-hybridized carbons (Fsp3) is 0.0435. The van der Waals surface area contributed by atoms with Crippen molar-refractivity contribution >= 4 is 10.8 Å². The highest BCUT2D eigenvalue weighted by atomic mass is 16.6. The topological polar surface area (TPSA) is 35.2 Å². The molecule has 0 spiro atoms. The van der Waals surface area contributed by atoms with Crippen molar-refractivity contribution in [2.45, 2.75) is 6.92 Å². The Balaban J connectivity index is 1.71. The summed E-state index contributed by atoms with van der Waals surface area (Å²) in [6.45, 7) is 2.11. The molecule has 0 saturated carbocycles. The van der Waals surface area contributed by atoms with Gasteiger partial charge in [-0.25, -0.2) is 0 Å². The maximum atomic E-state index is 5.18. The Kier molecular flexibility index (Phi) is 3.96. The number of rotatable bonds is 3. The molecule has 0 amide bonds. The summed E-state index contributed by atoms with van der Waals surface area (Å²) >= 11 is 0. The fourth-order valence-electron chi connectivity index (χ4n) is 3.08. The first-order chi connectivity index (χ1) is 12.2. The Labute approximate surface area is 147 Å². The first-order valence-electron chi connectivity index (χ1n) is 8.31. The molecule has 2 nitrogen and oxygen atoms in total. The van der Waals surface area contributed by atoms with Crippen molar-refractivity contribution < 1.29 is 4.84 Å². The summed E-state index contributed by atoms with van der Waals surface area (Å²) in [6.07, 6.45) is 0. The second kappa shape index (κ2) is 6.42. The predicted molar refractivity (Wildman–Crippen MR) is 104 cm³/mol. The van der Waals surface area contributed by atoms with Gasteiger partial charge < -0.3 is 4.84 Å². The molecule has 0 fully saturated rings. The summed E-state index contributed by atoms with van der Waals surface area (Å²) in [5.74, 6) is 5.84. The van der Waals surface area contributed by atoms with Crippen LogP contribution in [-0.2, 0) is 0 Å². The maximum absolute atomic E-state index is 5.18. The molecule has 0 atom stereocenters. The van der Waals surface area contributed by atoms with Gasteiger partial charge in [0, 0.05) is 0 Å². The Hall–Kier alpha value is -3.10. The smallest absolute Gasteiger partial charge is 0.146 e. The number of aryl methyl sites for hydroxylation is 1. The molecular formula is C23H19NO. The van der Waals surface area contributed by atoms with Crippen molar-refractivity contribution in [1.82, 2.24) is 0 Å². The lowest BCUT2D eigenvalue weighted by Gasteiger charge is -2.08. The molecule has 4 aromatic rings. The number of benzene rings is 4. The van der Waals surface area contributed by atoms with Crippen LogP contribution in [-0.4, -0.2) is 0 Å². The van der Waals surface area contributed by atoms with Crippen LogP contribution in [0.5, 0.6) is 5.75 Å². The largest absolute Gasteiger partial charge is 0.412 e. The zero-order valence-corrected chi connectivity index (χ0v) is 14.1. The van der Waals surface area contributed by atoms with Crippen LogP contribution in [0.4, 0.5) is 0 Å². The summed E-state index contributed by atoms with van der Waals surface area (Å²) in [5, 5.41) is 2.47. The third kappa shape index (κ3) is 3.12. The van der Waals surface area contributed by atoms with Gasteiger partial charge in [-0.05, 0) is 64.2 Å². The van der Waals surface area contributed by atoms with Gasteiger partial charge in [0.05, 0.1) is 0 Å². The van der Waals surface area contributed by atoms with Gasteiger partial charge in [0.15, 0.2) is 0 Å². The van der Waals surface area contributed by atoms with Gasteiger partial charge in [0.2, 0.25) is 0 Å². The van der Waals surface area contributed by atoms with Crippen LogP contribution in [0.3, 0.4) is 0 Å². The second-order valence-corrected chi connectivity index (χ2v) is 6.28. The monoisotopic (exact) mass is 325 g/mol. The molecule has 0 bridgehead atoms. The van der Waals surface area contributed by atoms with Gasteiger partial charge in [-0.15, -0.1) is 0 Å². The number of hydrogen-bond donors (Lipinski definition) is 1. The third-order valence-corrected chi connectivity index (χ3v) is 4.55. The first-order valence-corrected chi connectivity index (χ1v) is 8.31. The number of fused-ring (bicyclic) bond motifs is 1. The van der Waals surface area contributed by atoms with Gasteiger partial charge in [-0.3, -0.25) is 0 Å². The highest BCUT2D eigenvalue weighted by Crippen LogP contribution is 2.29. The maximum Gasteiger partial charge on any atom is 0.146 e. The van der Waals surface area contributed by atoms with E-state index >= 15 is 0 Å². The summed E-state index contributed by atoms with van der Waals surface area (Å²) in [5.41, 5.74) is 6.09.